The fourth-order valence-corrected chi connectivity index (χ4v) is 3.30. The first-order chi connectivity index (χ1) is 13.2. The zero-order chi connectivity index (χ0) is 19.1. The number of halogens is 1. The molecular weight excluding hydrogens is 347 g/mol. The molecule has 1 amide bonds. The second kappa shape index (κ2) is 9.19. The topological polar surface area (TPSA) is 64.9 Å². The summed E-state index contributed by atoms with van der Waals surface area (Å²) in [6.07, 6.45) is 1.89. The maximum atomic E-state index is 13.1. The molecule has 142 valence electrons. The van der Waals surface area contributed by atoms with E-state index in [0.717, 1.165) is 37.6 Å². The zero-order valence-corrected chi connectivity index (χ0v) is 15.2. The van der Waals surface area contributed by atoms with E-state index in [2.05, 4.69) is 11.0 Å². The Kier molecular flexibility index (Phi) is 6.44. The molecule has 6 nitrogen and oxygen atoms in total. The lowest BCUT2D eigenvalue weighted by Crippen LogP contribution is -3.15. The van der Waals surface area contributed by atoms with Gasteiger partial charge in [0, 0.05) is 12.2 Å². The third-order valence-corrected chi connectivity index (χ3v) is 4.84. The maximum Gasteiger partial charge on any atom is 0.278 e. The molecule has 0 spiro atoms. The third kappa shape index (κ3) is 5.31. The molecule has 1 aliphatic heterocycles. The molecule has 0 atom stereocenters. The summed E-state index contributed by atoms with van der Waals surface area (Å²) in [7, 11) is 0. The predicted molar refractivity (Wildman–Crippen MR) is 98.5 cm³/mol. The van der Waals surface area contributed by atoms with Gasteiger partial charge in [-0.1, -0.05) is 0 Å². The van der Waals surface area contributed by atoms with Crippen molar-refractivity contribution in [2.75, 3.05) is 44.2 Å². The molecule has 1 saturated heterocycles. The quantitative estimate of drug-likeness (QED) is 0.791. The molecule has 2 heterocycles. The highest BCUT2D eigenvalue weighted by Crippen LogP contribution is 2.14. The van der Waals surface area contributed by atoms with E-state index in [4.69, 9.17) is 9.68 Å². The van der Waals surface area contributed by atoms with Gasteiger partial charge in [-0.3, -0.25) is 4.79 Å². The monoisotopic (exact) mass is 371 g/mol. The fourth-order valence-electron chi connectivity index (χ4n) is 3.30. The van der Waals surface area contributed by atoms with Crippen LogP contribution in [0.25, 0.3) is 0 Å². The van der Waals surface area contributed by atoms with E-state index in [1.54, 1.807) is 29.4 Å². The summed E-state index contributed by atoms with van der Waals surface area (Å²) in [6, 6.07) is 12.3. The molecule has 0 unspecified atom stereocenters. The van der Waals surface area contributed by atoms with Crippen molar-refractivity contribution in [1.82, 2.24) is 4.90 Å². The van der Waals surface area contributed by atoms with Crippen molar-refractivity contribution in [2.45, 2.75) is 13.0 Å². The van der Waals surface area contributed by atoms with Gasteiger partial charge in [-0.25, -0.2) is 4.39 Å². The first-order valence-electron chi connectivity index (χ1n) is 9.17. The van der Waals surface area contributed by atoms with Gasteiger partial charge in [0.05, 0.1) is 51.5 Å². The molecule has 0 radical (unpaired) electrons. The molecular formula is C20H24FN4O2+. The lowest BCUT2D eigenvalue weighted by Gasteiger charge is -2.34. The van der Waals surface area contributed by atoms with Crippen LogP contribution in [-0.2, 0) is 11.3 Å². The van der Waals surface area contributed by atoms with Crippen molar-refractivity contribution in [3.8, 4) is 6.07 Å². The number of benzene rings is 1. The Morgan fingerprint density at radius 1 is 1.26 bits per heavy atom. The number of rotatable bonds is 7. The lowest BCUT2D eigenvalue weighted by molar-refractivity contribution is -0.892. The summed E-state index contributed by atoms with van der Waals surface area (Å²) < 4.78 is 18.4. The van der Waals surface area contributed by atoms with Crippen molar-refractivity contribution >= 4 is 11.6 Å². The Bertz CT molecular complexity index is 762. The van der Waals surface area contributed by atoms with Crippen molar-refractivity contribution in [2.24, 2.45) is 0 Å². The molecule has 0 bridgehead atoms. The Hall–Kier alpha value is -2.85. The van der Waals surface area contributed by atoms with E-state index in [-0.39, 0.29) is 11.7 Å². The molecule has 0 aliphatic carbocycles. The van der Waals surface area contributed by atoms with Gasteiger partial charge in [-0.05, 0) is 36.4 Å². The van der Waals surface area contributed by atoms with Crippen molar-refractivity contribution < 1.29 is 18.5 Å². The van der Waals surface area contributed by atoms with E-state index in [9.17, 15) is 9.18 Å². The highest BCUT2D eigenvalue weighted by molar-refractivity contribution is 5.77. The van der Waals surface area contributed by atoms with E-state index >= 15 is 0 Å². The minimum Gasteiger partial charge on any atom is -0.467 e. The summed E-state index contributed by atoms with van der Waals surface area (Å²) in [6.45, 7) is 4.54. The van der Waals surface area contributed by atoms with Crippen LogP contribution in [-0.4, -0.2) is 50.1 Å². The third-order valence-electron chi connectivity index (χ3n) is 4.84. The number of quaternary nitrogens is 1. The number of piperazine rings is 1. The van der Waals surface area contributed by atoms with E-state index in [1.807, 2.05) is 6.07 Å². The number of carbonyl (C=O) groups excluding carboxylic acids is 1. The number of amides is 1. The first-order valence-corrected chi connectivity index (χ1v) is 9.17. The molecule has 0 saturated carbocycles. The number of nitrogens with zero attached hydrogens (tertiary/aromatic N) is 3. The minimum atomic E-state index is -0.234. The van der Waals surface area contributed by atoms with Gasteiger partial charge in [0.15, 0.2) is 6.54 Å². The molecule has 2 aromatic rings. The van der Waals surface area contributed by atoms with Crippen molar-refractivity contribution in [1.29, 1.82) is 5.26 Å². The van der Waals surface area contributed by atoms with Gasteiger partial charge in [-0.2, -0.15) is 5.26 Å². The number of hydrogen-bond donors (Lipinski definition) is 1. The lowest BCUT2D eigenvalue weighted by atomic mass is 10.2. The highest BCUT2D eigenvalue weighted by Gasteiger charge is 2.25. The summed E-state index contributed by atoms with van der Waals surface area (Å²) in [5.41, 5.74) is 1.01. The average Bonchev–Trinajstić information content (AvgIpc) is 3.19. The van der Waals surface area contributed by atoms with Gasteiger partial charge in [0.25, 0.3) is 5.91 Å². The summed E-state index contributed by atoms with van der Waals surface area (Å²) in [5, 5.41) is 8.85. The Balaban J connectivity index is 1.52. The van der Waals surface area contributed by atoms with Crippen LogP contribution < -0.4 is 9.80 Å². The minimum absolute atomic E-state index is 0.0342. The number of anilines is 1. The molecule has 1 N–H and O–H groups in total. The van der Waals surface area contributed by atoms with Gasteiger partial charge in [-0.15, -0.1) is 0 Å². The van der Waals surface area contributed by atoms with Crippen LogP contribution in [0.4, 0.5) is 10.1 Å². The number of nitrogens with one attached hydrogen (secondary N) is 1. The number of hydrogen-bond acceptors (Lipinski definition) is 4. The number of carbonyl (C=O) groups is 1. The second-order valence-electron chi connectivity index (χ2n) is 6.69. The normalized spacial score (nSPS) is 14.7. The standard InChI is InChI=1S/C20H23FN4O2/c21-17-4-6-18(7-5-17)24-12-10-23(11-13-24)16-20(26)25(9-2-8-22)15-19-3-1-14-27-19/h1,3-7,14H,2,9-13,15-16H2/p+1. The SMILES string of the molecule is N#CCCN(Cc1ccco1)C(=O)C[NH+]1CCN(c2ccc(F)cc2)CC1. The second-order valence-corrected chi connectivity index (χ2v) is 6.69. The summed E-state index contributed by atoms with van der Waals surface area (Å²) in [4.78, 5) is 17.9. The van der Waals surface area contributed by atoms with Crippen LogP contribution in [0.15, 0.2) is 47.1 Å². The summed E-state index contributed by atoms with van der Waals surface area (Å²) >= 11 is 0. The molecule has 1 aromatic heterocycles. The van der Waals surface area contributed by atoms with Gasteiger partial charge in [0.1, 0.15) is 11.6 Å². The van der Waals surface area contributed by atoms with Crippen LogP contribution >= 0.6 is 0 Å². The van der Waals surface area contributed by atoms with Crippen LogP contribution in [0.2, 0.25) is 0 Å². The molecule has 1 aromatic carbocycles. The fraction of sp³-hybridized carbons (Fsp3) is 0.400. The Morgan fingerprint density at radius 2 is 2.00 bits per heavy atom. The van der Waals surface area contributed by atoms with Gasteiger partial charge < -0.3 is 19.1 Å². The van der Waals surface area contributed by atoms with Crippen LogP contribution in [0.3, 0.4) is 0 Å². The Labute approximate surface area is 158 Å². The molecule has 3 rings (SSSR count). The molecule has 7 heteroatoms. The van der Waals surface area contributed by atoms with Crippen LogP contribution in [0, 0.1) is 17.1 Å². The van der Waals surface area contributed by atoms with Gasteiger partial charge >= 0.3 is 0 Å². The van der Waals surface area contributed by atoms with Crippen molar-refractivity contribution in [3.05, 3.63) is 54.2 Å². The largest absolute Gasteiger partial charge is 0.467 e. The van der Waals surface area contributed by atoms with Crippen LogP contribution in [0.5, 0.6) is 0 Å². The van der Waals surface area contributed by atoms with Crippen LogP contribution in [0.1, 0.15) is 12.2 Å². The number of nitriles is 1. The van der Waals surface area contributed by atoms with E-state index < -0.39 is 0 Å². The molecule has 27 heavy (non-hydrogen) atoms. The maximum absolute atomic E-state index is 13.1. The van der Waals surface area contributed by atoms with E-state index in [1.165, 1.54) is 17.0 Å². The Morgan fingerprint density at radius 3 is 2.63 bits per heavy atom. The molecule has 1 aliphatic rings. The average molecular weight is 371 g/mol. The highest BCUT2D eigenvalue weighted by atomic mass is 19.1. The van der Waals surface area contributed by atoms with Crippen molar-refractivity contribution in [3.63, 3.8) is 0 Å². The number of furan rings is 1. The summed E-state index contributed by atoms with van der Waals surface area (Å²) in [5.74, 6) is 0.520. The smallest absolute Gasteiger partial charge is 0.278 e. The molecule has 1 fully saturated rings. The van der Waals surface area contributed by atoms with Gasteiger partial charge in [0.2, 0.25) is 0 Å². The zero-order valence-electron chi connectivity index (χ0n) is 15.2. The van der Waals surface area contributed by atoms with E-state index in [0.29, 0.717) is 26.1 Å². The predicted octanol–water partition coefficient (Wildman–Crippen LogP) is 1.07. The first kappa shape index (κ1) is 18.9.